The summed E-state index contributed by atoms with van der Waals surface area (Å²) in [5.74, 6) is 0.812. The van der Waals surface area contributed by atoms with Gasteiger partial charge >= 0.3 is 0 Å². The molecular formula is C26H27N3O5S. The van der Waals surface area contributed by atoms with Gasteiger partial charge in [-0.2, -0.15) is 5.26 Å². The predicted octanol–water partition coefficient (Wildman–Crippen LogP) is 3.82. The molecule has 3 rings (SSSR count). The molecule has 0 heterocycles. The second-order valence-electron chi connectivity index (χ2n) is 7.72. The number of rotatable bonds is 10. The largest absolute Gasteiger partial charge is 0.494 e. The van der Waals surface area contributed by atoms with E-state index >= 15 is 0 Å². The Morgan fingerprint density at radius 2 is 1.57 bits per heavy atom. The van der Waals surface area contributed by atoms with Gasteiger partial charge in [-0.25, -0.2) is 8.42 Å². The lowest BCUT2D eigenvalue weighted by Gasteiger charge is -2.20. The highest BCUT2D eigenvalue weighted by Gasteiger charge is 2.21. The number of hydrogen-bond donors (Lipinski definition) is 0. The third-order valence-electron chi connectivity index (χ3n) is 5.26. The van der Waals surface area contributed by atoms with Gasteiger partial charge in [0.2, 0.25) is 0 Å². The maximum absolute atomic E-state index is 13.0. The summed E-state index contributed by atoms with van der Waals surface area (Å²) < 4.78 is 38.0. The maximum Gasteiger partial charge on any atom is 0.264 e. The van der Waals surface area contributed by atoms with Crippen LogP contribution in [0.3, 0.4) is 0 Å². The Bertz CT molecular complexity index is 1300. The van der Waals surface area contributed by atoms with Gasteiger partial charge in [-0.05, 0) is 73.2 Å². The lowest BCUT2D eigenvalue weighted by molar-refractivity contribution is -0.132. The molecule has 0 aliphatic carbocycles. The Morgan fingerprint density at radius 3 is 2.20 bits per heavy atom. The van der Waals surface area contributed by atoms with Crippen LogP contribution in [0.5, 0.6) is 11.5 Å². The number of nitrogens with zero attached hydrogens (tertiary/aromatic N) is 3. The van der Waals surface area contributed by atoms with Crippen molar-refractivity contribution < 1.29 is 22.7 Å². The van der Waals surface area contributed by atoms with Gasteiger partial charge in [0.1, 0.15) is 11.5 Å². The maximum atomic E-state index is 13.0. The molecule has 8 nitrogen and oxygen atoms in total. The average Bonchev–Trinajstić information content (AvgIpc) is 2.87. The van der Waals surface area contributed by atoms with Gasteiger partial charge in [0, 0.05) is 20.6 Å². The van der Waals surface area contributed by atoms with Crippen molar-refractivity contribution in [1.82, 2.24) is 4.90 Å². The fourth-order valence-corrected chi connectivity index (χ4v) is 4.48. The summed E-state index contributed by atoms with van der Waals surface area (Å²) in [6, 6.07) is 21.9. The zero-order valence-corrected chi connectivity index (χ0v) is 20.7. The van der Waals surface area contributed by atoms with Crippen molar-refractivity contribution in [2.24, 2.45) is 0 Å². The zero-order valence-electron chi connectivity index (χ0n) is 19.8. The molecule has 0 spiro atoms. The molecular weight excluding hydrogens is 466 g/mol. The number of ether oxygens (including phenoxy) is 2. The van der Waals surface area contributed by atoms with Gasteiger partial charge in [0.05, 0.1) is 28.8 Å². The summed E-state index contributed by atoms with van der Waals surface area (Å²) in [6.07, 6.45) is 0. The van der Waals surface area contributed by atoms with Crippen LogP contribution in [0.1, 0.15) is 18.1 Å². The summed E-state index contributed by atoms with van der Waals surface area (Å²) in [5, 5.41) is 9.01. The minimum Gasteiger partial charge on any atom is -0.494 e. The van der Waals surface area contributed by atoms with E-state index in [-0.39, 0.29) is 17.4 Å². The predicted molar refractivity (Wildman–Crippen MR) is 133 cm³/mol. The van der Waals surface area contributed by atoms with E-state index in [0.717, 1.165) is 5.56 Å². The Balaban J connectivity index is 1.58. The molecule has 0 saturated carbocycles. The number of amides is 1. The van der Waals surface area contributed by atoms with Crippen molar-refractivity contribution in [2.45, 2.75) is 18.4 Å². The van der Waals surface area contributed by atoms with Gasteiger partial charge in [-0.1, -0.05) is 12.1 Å². The number of carbonyl (C=O) groups is 1. The van der Waals surface area contributed by atoms with E-state index in [4.69, 9.17) is 14.7 Å². The molecule has 0 atom stereocenters. The number of benzene rings is 3. The van der Waals surface area contributed by atoms with E-state index < -0.39 is 10.0 Å². The minimum atomic E-state index is -3.75. The molecule has 0 aliphatic heterocycles. The third-order valence-corrected chi connectivity index (χ3v) is 7.06. The molecule has 0 aliphatic rings. The lowest BCUT2D eigenvalue weighted by Crippen LogP contribution is -2.31. The molecule has 3 aromatic rings. The van der Waals surface area contributed by atoms with Crippen molar-refractivity contribution in [3.63, 3.8) is 0 Å². The SMILES string of the molecule is CCOc1ccc(S(=O)(=O)N(C)c2ccc(OCC(=O)N(C)Cc3cccc(C#N)c3)cc2)cc1. The van der Waals surface area contributed by atoms with Crippen molar-refractivity contribution in [3.05, 3.63) is 83.9 Å². The van der Waals surface area contributed by atoms with Crippen LogP contribution >= 0.6 is 0 Å². The quantitative estimate of drug-likeness (QED) is 0.426. The first-order valence-electron chi connectivity index (χ1n) is 10.9. The topological polar surface area (TPSA) is 99.9 Å². The molecule has 0 N–H and O–H groups in total. The van der Waals surface area contributed by atoms with E-state index in [9.17, 15) is 13.2 Å². The Labute approximate surface area is 206 Å². The summed E-state index contributed by atoms with van der Waals surface area (Å²) in [5.41, 5.74) is 1.84. The van der Waals surface area contributed by atoms with Crippen LogP contribution in [0, 0.1) is 11.3 Å². The number of sulfonamides is 1. The van der Waals surface area contributed by atoms with E-state index in [1.807, 2.05) is 13.0 Å². The molecule has 0 aromatic heterocycles. The summed E-state index contributed by atoms with van der Waals surface area (Å²) in [7, 11) is -0.617. The third kappa shape index (κ3) is 6.52. The first-order chi connectivity index (χ1) is 16.7. The highest BCUT2D eigenvalue weighted by atomic mass is 32.2. The van der Waals surface area contributed by atoms with Crippen LogP contribution in [-0.2, 0) is 21.4 Å². The normalized spacial score (nSPS) is 10.8. The summed E-state index contributed by atoms with van der Waals surface area (Å²) >= 11 is 0. The molecule has 182 valence electrons. The molecule has 9 heteroatoms. The lowest BCUT2D eigenvalue weighted by atomic mass is 10.1. The first-order valence-corrected chi connectivity index (χ1v) is 12.4. The number of hydrogen-bond acceptors (Lipinski definition) is 6. The van der Waals surface area contributed by atoms with Crippen LogP contribution in [0.4, 0.5) is 5.69 Å². The summed E-state index contributed by atoms with van der Waals surface area (Å²) in [6.45, 7) is 2.54. The molecule has 0 bridgehead atoms. The van der Waals surface area contributed by atoms with Crippen LogP contribution in [0.15, 0.2) is 77.7 Å². The highest BCUT2D eigenvalue weighted by molar-refractivity contribution is 7.92. The molecule has 0 unspecified atom stereocenters. The molecule has 0 fully saturated rings. The molecule has 1 amide bonds. The van der Waals surface area contributed by atoms with Gasteiger partial charge in [0.15, 0.2) is 6.61 Å². The molecule has 3 aromatic carbocycles. The van der Waals surface area contributed by atoms with Gasteiger partial charge in [-0.15, -0.1) is 0 Å². The van der Waals surface area contributed by atoms with E-state index in [1.54, 1.807) is 61.6 Å². The number of anilines is 1. The van der Waals surface area contributed by atoms with Crippen LogP contribution < -0.4 is 13.8 Å². The second kappa shape index (κ2) is 11.4. The number of carbonyl (C=O) groups excluding carboxylic acids is 1. The van der Waals surface area contributed by atoms with E-state index in [1.165, 1.54) is 28.4 Å². The summed E-state index contributed by atoms with van der Waals surface area (Å²) in [4.78, 5) is 14.1. The first kappa shape index (κ1) is 25.6. The van der Waals surface area contributed by atoms with Crippen molar-refractivity contribution in [1.29, 1.82) is 5.26 Å². The van der Waals surface area contributed by atoms with E-state index in [0.29, 0.717) is 35.9 Å². The van der Waals surface area contributed by atoms with Crippen molar-refractivity contribution in [3.8, 4) is 17.6 Å². The van der Waals surface area contributed by atoms with Crippen molar-refractivity contribution >= 4 is 21.6 Å². The molecule has 0 radical (unpaired) electrons. The van der Waals surface area contributed by atoms with E-state index in [2.05, 4.69) is 6.07 Å². The van der Waals surface area contributed by atoms with Crippen LogP contribution in [0.2, 0.25) is 0 Å². The monoisotopic (exact) mass is 493 g/mol. The second-order valence-corrected chi connectivity index (χ2v) is 9.69. The van der Waals surface area contributed by atoms with Gasteiger partial charge in [-0.3, -0.25) is 9.10 Å². The molecule has 35 heavy (non-hydrogen) atoms. The fraction of sp³-hybridized carbons (Fsp3) is 0.231. The van der Waals surface area contributed by atoms with Crippen LogP contribution in [0.25, 0.3) is 0 Å². The van der Waals surface area contributed by atoms with Gasteiger partial charge < -0.3 is 14.4 Å². The Morgan fingerprint density at radius 1 is 0.943 bits per heavy atom. The van der Waals surface area contributed by atoms with Crippen molar-refractivity contribution in [2.75, 3.05) is 31.6 Å². The van der Waals surface area contributed by atoms with Crippen LogP contribution in [-0.4, -0.2) is 46.5 Å². The Kier molecular flexibility index (Phi) is 8.34. The van der Waals surface area contributed by atoms with Gasteiger partial charge in [0.25, 0.3) is 15.9 Å². The number of nitriles is 1. The standard InChI is InChI=1S/C26H27N3O5S/c1-4-33-23-12-14-25(15-13-23)35(31,32)29(3)22-8-10-24(11-9-22)34-19-26(30)28(2)18-21-7-5-6-20(16-21)17-27/h5-16H,4,18-19H2,1-3H3. The molecule has 0 saturated heterocycles. The fourth-order valence-electron chi connectivity index (χ4n) is 3.28. The minimum absolute atomic E-state index is 0.151. The number of likely N-dealkylation sites (N-methyl/N-ethyl adjacent to an activating group) is 1. The highest BCUT2D eigenvalue weighted by Crippen LogP contribution is 2.25. The zero-order chi connectivity index (χ0) is 25.4. The Hall–Kier alpha value is -4.03. The smallest absolute Gasteiger partial charge is 0.264 e. The average molecular weight is 494 g/mol.